The summed E-state index contributed by atoms with van der Waals surface area (Å²) in [5.41, 5.74) is -0.370. The molecule has 36 heavy (non-hydrogen) atoms. The Morgan fingerprint density at radius 3 is 2.42 bits per heavy atom. The summed E-state index contributed by atoms with van der Waals surface area (Å²) in [5, 5.41) is 16.6. The molecule has 1 aliphatic carbocycles. The van der Waals surface area contributed by atoms with Crippen LogP contribution in [0.5, 0.6) is 0 Å². The van der Waals surface area contributed by atoms with E-state index in [4.69, 9.17) is 4.74 Å². The van der Waals surface area contributed by atoms with Crippen molar-refractivity contribution < 1.29 is 36.6 Å². The highest BCUT2D eigenvalue weighted by atomic mass is 19.4. The smallest absolute Gasteiger partial charge is 0.416 e. The number of rotatable bonds is 7. The number of hydrogen-bond acceptors (Lipinski definition) is 4. The lowest BCUT2D eigenvalue weighted by Crippen LogP contribution is -2.47. The molecule has 3 atom stereocenters. The fourth-order valence-corrected chi connectivity index (χ4v) is 4.41. The Kier molecular flexibility index (Phi) is 8.61. The van der Waals surface area contributed by atoms with Gasteiger partial charge in [0.25, 0.3) is 0 Å². The van der Waals surface area contributed by atoms with Crippen molar-refractivity contribution in [2.75, 3.05) is 6.54 Å². The van der Waals surface area contributed by atoms with E-state index in [9.17, 15) is 31.9 Å². The number of aliphatic hydroxyl groups excluding tert-OH is 1. The van der Waals surface area contributed by atoms with E-state index in [0.717, 1.165) is 18.2 Å². The third-order valence-electron chi connectivity index (χ3n) is 5.91. The van der Waals surface area contributed by atoms with E-state index in [2.05, 4.69) is 10.6 Å². The van der Waals surface area contributed by atoms with Gasteiger partial charge in [0.15, 0.2) is 0 Å². The summed E-state index contributed by atoms with van der Waals surface area (Å²) in [5.74, 6) is -1.62. The Morgan fingerprint density at radius 1 is 1.14 bits per heavy atom. The van der Waals surface area contributed by atoms with Gasteiger partial charge in [-0.2, -0.15) is 13.2 Å². The topological polar surface area (TPSA) is 70.6 Å². The highest BCUT2D eigenvalue weighted by Gasteiger charge is 2.36. The van der Waals surface area contributed by atoms with Gasteiger partial charge in [-0.1, -0.05) is 12.1 Å². The summed E-state index contributed by atoms with van der Waals surface area (Å²) in [6.07, 6.45) is -6.54. The van der Waals surface area contributed by atoms with Gasteiger partial charge in [0.1, 0.15) is 23.8 Å². The number of nitrogens with one attached hydrogen (secondary N) is 2. The number of alkyl halides is 3. The van der Waals surface area contributed by atoms with Crippen LogP contribution in [0.4, 0.5) is 26.7 Å². The number of amides is 1. The Hall–Kier alpha value is -2.72. The third kappa shape index (κ3) is 7.64. The van der Waals surface area contributed by atoms with E-state index in [1.807, 2.05) is 0 Å². The summed E-state index contributed by atoms with van der Waals surface area (Å²) >= 11 is 0. The molecule has 0 saturated carbocycles. The fourth-order valence-electron chi connectivity index (χ4n) is 4.41. The molecule has 0 fully saturated rings. The van der Waals surface area contributed by atoms with Crippen molar-refractivity contribution in [1.82, 2.24) is 10.6 Å². The molecule has 0 spiro atoms. The summed E-state index contributed by atoms with van der Waals surface area (Å²) < 4.78 is 73.2. The van der Waals surface area contributed by atoms with Crippen LogP contribution in [0.3, 0.4) is 0 Å². The van der Waals surface area contributed by atoms with Crippen molar-refractivity contribution in [3.05, 3.63) is 70.3 Å². The van der Waals surface area contributed by atoms with E-state index >= 15 is 0 Å². The highest BCUT2D eigenvalue weighted by molar-refractivity contribution is 5.68. The molecule has 0 unspecified atom stereocenters. The van der Waals surface area contributed by atoms with Crippen molar-refractivity contribution in [2.24, 2.45) is 0 Å². The molecule has 2 aromatic rings. The van der Waals surface area contributed by atoms with Crippen LogP contribution >= 0.6 is 0 Å². The van der Waals surface area contributed by atoms with Crippen LogP contribution < -0.4 is 10.6 Å². The van der Waals surface area contributed by atoms with E-state index in [-0.39, 0.29) is 24.1 Å². The van der Waals surface area contributed by atoms with E-state index in [1.165, 1.54) is 6.07 Å². The first-order valence-electron chi connectivity index (χ1n) is 11.8. The molecular formula is C26H31F5N2O3. The predicted octanol–water partition coefficient (Wildman–Crippen LogP) is 5.45. The molecule has 2 aromatic carbocycles. The second-order valence-corrected chi connectivity index (χ2v) is 10.1. The first-order valence-corrected chi connectivity index (χ1v) is 11.8. The number of benzene rings is 2. The Morgan fingerprint density at radius 2 is 1.81 bits per heavy atom. The van der Waals surface area contributed by atoms with Crippen molar-refractivity contribution in [3.63, 3.8) is 0 Å². The van der Waals surface area contributed by atoms with Gasteiger partial charge < -0.3 is 20.5 Å². The molecule has 0 radical (unpaired) electrons. The van der Waals surface area contributed by atoms with Crippen LogP contribution in [0.25, 0.3) is 0 Å². The minimum atomic E-state index is -4.47. The van der Waals surface area contributed by atoms with Gasteiger partial charge >= 0.3 is 12.3 Å². The molecule has 0 saturated heterocycles. The number of carbonyl (C=O) groups is 1. The quantitative estimate of drug-likeness (QED) is 0.430. The van der Waals surface area contributed by atoms with Gasteiger partial charge in [-0.05, 0) is 74.9 Å². The molecule has 1 aliphatic rings. The average molecular weight is 515 g/mol. The number of hydrogen-bond donors (Lipinski definition) is 3. The van der Waals surface area contributed by atoms with Gasteiger partial charge in [-0.25, -0.2) is 13.6 Å². The number of halogens is 5. The molecule has 0 aliphatic heterocycles. The van der Waals surface area contributed by atoms with Crippen LogP contribution in [-0.2, 0) is 23.8 Å². The van der Waals surface area contributed by atoms with Gasteiger partial charge in [-0.15, -0.1) is 0 Å². The average Bonchev–Trinajstić information content (AvgIpc) is 2.73. The summed E-state index contributed by atoms with van der Waals surface area (Å²) in [6, 6.07) is 6.48. The van der Waals surface area contributed by atoms with Crippen LogP contribution in [0, 0.1) is 11.6 Å². The van der Waals surface area contributed by atoms with Gasteiger partial charge in [0, 0.05) is 30.6 Å². The normalized spacial score (nSPS) is 17.8. The van der Waals surface area contributed by atoms with Crippen molar-refractivity contribution in [3.8, 4) is 0 Å². The zero-order valence-corrected chi connectivity index (χ0v) is 20.4. The summed E-state index contributed by atoms with van der Waals surface area (Å²) in [6.45, 7) is 5.09. The molecular weight excluding hydrogens is 483 g/mol. The molecule has 198 valence electrons. The number of alkyl carbamates (subject to hydrolysis) is 1. The maximum Gasteiger partial charge on any atom is 0.416 e. The SMILES string of the molecule is CC(C)(C)NC(=O)O[C@@H](Cc1cc(F)cc(F)c1)[C@H](O)CN[C@H]1CCCc2c1cccc2C(F)(F)F. The van der Waals surface area contributed by atoms with Crippen LogP contribution in [-0.4, -0.2) is 35.5 Å². The number of aliphatic hydroxyl groups is 1. The molecule has 5 nitrogen and oxygen atoms in total. The summed E-state index contributed by atoms with van der Waals surface area (Å²) in [4.78, 5) is 12.4. The molecule has 1 amide bonds. The highest BCUT2D eigenvalue weighted by Crippen LogP contribution is 2.39. The monoisotopic (exact) mass is 514 g/mol. The van der Waals surface area contributed by atoms with Gasteiger partial charge in [0.2, 0.25) is 0 Å². The Labute approximate surface area is 207 Å². The molecule has 0 bridgehead atoms. The number of ether oxygens (including phenoxy) is 1. The second kappa shape index (κ2) is 11.1. The third-order valence-corrected chi connectivity index (χ3v) is 5.91. The van der Waals surface area contributed by atoms with Gasteiger partial charge in [0.05, 0.1) is 5.56 Å². The lowest BCUT2D eigenvalue weighted by molar-refractivity contribution is -0.138. The largest absolute Gasteiger partial charge is 0.443 e. The molecule has 0 heterocycles. The van der Waals surface area contributed by atoms with Gasteiger partial charge in [-0.3, -0.25) is 0 Å². The van der Waals surface area contributed by atoms with Crippen molar-refractivity contribution >= 4 is 6.09 Å². The summed E-state index contributed by atoms with van der Waals surface area (Å²) in [7, 11) is 0. The number of carbonyl (C=O) groups excluding carboxylic acids is 1. The lowest BCUT2D eigenvalue weighted by atomic mass is 9.84. The minimum Gasteiger partial charge on any atom is -0.443 e. The molecule has 10 heteroatoms. The van der Waals surface area contributed by atoms with E-state index in [0.29, 0.717) is 30.9 Å². The fraction of sp³-hybridized carbons (Fsp3) is 0.500. The first kappa shape index (κ1) is 27.9. The molecule has 3 N–H and O–H groups in total. The van der Waals surface area contributed by atoms with E-state index in [1.54, 1.807) is 26.8 Å². The Bertz CT molecular complexity index is 1050. The Balaban J connectivity index is 1.76. The zero-order chi connectivity index (χ0) is 26.7. The van der Waals surface area contributed by atoms with Crippen LogP contribution in [0.15, 0.2) is 36.4 Å². The van der Waals surface area contributed by atoms with Crippen LogP contribution in [0.2, 0.25) is 0 Å². The second-order valence-electron chi connectivity index (χ2n) is 10.1. The minimum absolute atomic E-state index is 0.119. The molecule has 3 rings (SSSR count). The van der Waals surface area contributed by atoms with Crippen molar-refractivity contribution in [1.29, 1.82) is 0 Å². The van der Waals surface area contributed by atoms with Crippen LogP contribution in [0.1, 0.15) is 61.9 Å². The van der Waals surface area contributed by atoms with E-state index < -0.39 is 53.3 Å². The zero-order valence-electron chi connectivity index (χ0n) is 20.4. The number of fused-ring (bicyclic) bond motifs is 1. The predicted molar refractivity (Wildman–Crippen MR) is 124 cm³/mol. The standard InChI is InChI=1S/C26H31F5N2O3/c1-25(2,3)33-24(35)36-23(12-15-10-16(27)13-17(28)11-15)22(34)14-32-21-9-5-6-18-19(21)7-4-8-20(18)26(29,30)31/h4,7-8,10-11,13,21-23,32,34H,5-6,9,12,14H2,1-3H3,(H,33,35)/t21-,22+,23-/m0/s1. The lowest BCUT2D eigenvalue weighted by Gasteiger charge is -2.31. The first-order chi connectivity index (χ1) is 16.7. The maximum atomic E-state index is 13.7. The maximum absolute atomic E-state index is 13.7. The molecule has 0 aromatic heterocycles. The van der Waals surface area contributed by atoms with Crippen molar-refractivity contribution in [2.45, 2.75) is 76.4 Å².